The maximum Gasteiger partial charge on any atom is 0.416 e. The third kappa shape index (κ3) is 5.93. The van der Waals surface area contributed by atoms with E-state index >= 15 is 8.78 Å². The van der Waals surface area contributed by atoms with E-state index in [1.807, 2.05) is 6.08 Å². The fourth-order valence-electron chi connectivity index (χ4n) is 5.83. The Morgan fingerprint density at radius 1 is 0.971 bits per heavy atom. The first kappa shape index (κ1) is 25.4. The average Bonchev–Trinajstić information content (AvgIpc) is 2.82. The summed E-state index contributed by atoms with van der Waals surface area (Å²) in [7, 11) is 0. The normalized spacial score (nSPS) is 24.5. The molecule has 0 N–H and O–H groups in total. The molecule has 0 spiro atoms. The highest BCUT2D eigenvalue weighted by atomic mass is 19.4. The SMILES string of the molecule is C=CCCC1CCC2CC(c3c(F)cc(C(=O)Oc4ccc(C(F)(F)F)cc4)cc3F)CCC2C1. The zero-order valence-corrected chi connectivity index (χ0v) is 19.4. The number of esters is 1. The molecule has 0 radical (unpaired) electrons. The van der Waals surface area contributed by atoms with Gasteiger partial charge in [0.1, 0.15) is 17.4 Å². The second kappa shape index (κ2) is 10.5. The second-order valence-corrected chi connectivity index (χ2v) is 9.84. The van der Waals surface area contributed by atoms with Crippen LogP contribution in [-0.4, -0.2) is 5.97 Å². The third-order valence-electron chi connectivity index (χ3n) is 7.62. The minimum absolute atomic E-state index is 0.0170. The summed E-state index contributed by atoms with van der Waals surface area (Å²) >= 11 is 0. The number of alkyl halides is 3. The van der Waals surface area contributed by atoms with Gasteiger partial charge in [0.15, 0.2) is 0 Å². The van der Waals surface area contributed by atoms with Crippen molar-refractivity contribution in [2.45, 2.75) is 63.5 Å². The van der Waals surface area contributed by atoms with Crippen LogP contribution in [0.5, 0.6) is 5.75 Å². The maximum atomic E-state index is 15.0. The Kier molecular flexibility index (Phi) is 7.62. The van der Waals surface area contributed by atoms with Gasteiger partial charge < -0.3 is 4.74 Å². The zero-order valence-electron chi connectivity index (χ0n) is 19.4. The van der Waals surface area contributed by atoms with Crippen molar-refractivity contribution >= 4 is 5.97 Å². The van der Waals surface area contributed by atoms with Crippen LogP contribution in [0.15, 0.2) is 49.1 Å². The van der Waals surface area contributed by atoms with Crippen LogP contribution in [0.2, 0.25) is 0 Å². The molecule has 4 rings (SSSR count). The van der Waals surface area contributed by atoms with Crippen molar-refractivity contribution in [1.82, 2.24) is 0 Å². The molecule has 0 heterocycles. The van der Waals surface area contributed by atoms with Crippen molar-refractivity contribution in [3.8, 4) is 5.75 Å². The Labute approximate surface area is 202 Å². The summed E-state index contributed by atoms with van der Waals surface area (Å²) < 4.78 is 73.1. The molecular weight excluding hydrogens is 463 g/mol. The molecule has 2 aromatic rings. The van der Waals surface area contributed by atoms with Crippen LogP contribution in [0.3, 0.4) is 0 Å². The molecular formula is C28H29F5O2. The first-order valence-electron chi connectivity index (χ1n) is 12.1. The molecule has 4 atom stereocenters. The van der Waals surface area contributed by atoms with E-state index in [4.69, 9.17) is 4.74 Å². The molecule has 0 aromatic heterocycles. The highest BCUT2D eigenvalue weighted by Crippen LogP contribution is 2.49. The molecule has 2 saturated carbocycles. The summed E-state index contributed by atoms with van der Waals surface area (Å²) in [6, 6.07) is 5.46. The second-order valence-electron chi connectivity index (χ2n) is 9.84. The Bertz CT molecular complexity index is 1040. The smallest absolute Gasteiger partial charge is 0.416 e. The van der Waals surface area contributed by atoms with Crippen molar-refractivity contribution in [3.05, 3.63) is 77.4 Å². The van der Waals surface area contributed by atoms with Crippen molar-refractivity contribution in [2.75, 3.05) is 0 Å². The van der Waals surface area contributed by atoms with Gasteiger partial charge in [-0.3, -0.25) is 0 Å². The molecule has 0 saturated heterocycles. The first-order chi connectivity index (χ1) is 16.7. The molecule has 2 fully saturated rings. The number of rotatable bonds is 6. The van der Waals surface area contributed by atoms with Gasteiger partial charge >= 0.3 is 12.1 Å². The highest BCUT2D eigenvalue weighted by Gasteiger charge is 2.37. The highest BCUT2D eigenvalue weighted by molar-refractivity contribution is 5.91. The van der Waals surface area contributed by atoms with Gasteiger partial charge in [0, 0.05) is 5.56 Å². The van der Waals surface area contributed by atoms with E-state index in [1.54, 1.807) is 0 Å². The fourth-order valence-corrected chi connectivity index (χ4v) is 5.83. The molecule has 7 heteroatoms. The Hall–Kier alpha value is -2.70. The molecule has 2 nitrogen and oxygen atoms in total. The topological polar surface area (TPSA) is 26.3 Å². The van der Waals surface area contributed by atoms with Crippen molar-refractivity contribution < 1.29 is 31.5 Å². The van der Waals surface area contributed by atoms with Crippen LogP contribution in [0.4, 0.5) is 22.0 Å². The lowest BCUT2D eigenvalue weighted by Gasteiger charge is -2.42. The lowest BCUT2D eigenvalue weighted by Crippen LogP contribution is -2.31. The Morgan fingerprint density at radius 2 is 1.60 bits per heavy atom. The van der Waals surface area contributed by atoms with Gasteiger partial charge in [-0.2, -0.15) is 13.2 Å². The van der Waals surface area contributed by atoms with E-state index in [0.29, 0.717) is 24.2 Å². The number of hydrogen-bond donors (Lipinski definition) is 0. The molecule has 35 heavy (non-hydrogen) atoms. The van der Waals surface area contributed by atoms with Crippen LogP contribution < -0.4 is 4.74 Å². The molecule has 2 aliphatic carbocycles. The van der Waals surface area contributed by atoms with E-state index < -0.39 is 29.3 Å². The van der Waals surface area contributed by atoms with E-state index in [2.05, 4.69) is 6.58 Å². The average molecular weight is 493 g/mol. The van der Waals surface area contributed by atoms with Gasteiger partial charge in [-0.1, -0.05) is 12.5 Å². The third-order valence-corrected chi connectivity index (χ3v) is 7.62. The molecule has 0 aliphatic heterocycles. The molecule has 2 aromatic carbocycles. The maximum absolute atomic E-state index is 15.0. The molecule has 0 amide bonds. The first-order valence-corrected chi connectivity index (χ1v) is 12.1. The number of halogens is 5. The number of carbonyl (C=O) groups excluding carboxylic acids is 1. The number of fused-ring (bicyclic) bond motifs is 1. The summed E-state index contributed by atoms with van der Waals surface area (Å²) in [5.41, 5.74) is -1.19. The summed E-state index contributed by atoms with van der Waals surface area (Å²) in [5.74, 6) is -1.23. The van der Waals surface area contributed by atoms with E-state index in [0.717, 1.165) is 74.9 Å². The van der Waals surface area contributed by atoms with Crippen LogP contribution >= 0.6 is 0 Å². The Morgan fingerprint density at radius 3 is 2.23 bits per heavy atom. The summed E-state index contributed by atoms with van der Waals surface area (Å²) in [5, 5.41) is 0. The molecule has 2 aliphatic rings. The van der Waals surface area contributed by atoms with Crippen LogP contribution in [0.1, 0.15) is 78.8 Å². The van der Waals surface area contributed by atoms with Gasteiger partial charge in [0.05, 0.1) is 11.1 Å². The fraction of sp³-hybridized carbons (Fsp3) is 0.464. The van der Waals surface area contributed by atoms with Crippen molar-refractivity contribution in [2.24, 2.45) is 17.8 Å². The lowest BCUT2D eigenvalue weighted by atomic mass is 9.63. The van der Waals surface area contributed by atoms with Crippen molar-refractivity contribution in [1.29, 1.82) is 0 Å². The molecule has 4 unspecified atom stereocenters. The van der Waals surface area contributed by atoms with E-state index in [-0.39, 0.29) is 22.8 Å². The summed E-state index contributed by atoms with van der Waals surface area (Å²) in [4.78, 5) is 12.4. The van der Waals surface area contributed by atoms with Gasteiger partial charge in [0.25, 0.3) is 0 Å². The van der Waals surface area contributed by atoms with Gasteiger partial charge in [0.2, 0.25) is 0 Å². The standard InChI is InChI=1S/C28H29F5O2/c1-2-3-4-17-5-6-19-14-20(8-7-18(19)13-17)26-24(29)15-21(16-25(26)30)27(34)35-23-11-9-22(10-12-23)28(31,32)33/h2,9-12,15-20H,1,3-8,13-14H2. The summed E-state index contributed by atoms with van der Waals surface area (Å²) in [6.07, 6.45) is 5.39. The molecule has 0 bridgehead atoms. The largest absolute Gasteiger partial charge is 0.423 e. The number of carbonyl (C=O) groups is 1. The Balaban J connectivity index is 1.42. The van der Waals surface area contributed by atoms with Crippen molar-refractivity contribution in [3.63, 3.8) is 0 Å². The monoisotopic (exact) mass is 492 g/mol. The minimum atomic E-state index is -4.52. The van der Waals surface area contributed by atoms with Crippen LogP contribution in [0.25, 0.3) is 0 Å². The number of allylic oxidation sites excluding steroid dienone is 1. The minimum Gasteiger partial charge on any atom is -0.423 e. The zero-order chi connectivity index (χ0) is 25.2. The predicted molar refractivity (Wildman–Crippen MR) is 123 cm³/mol. The number of hydrogen-bond acceptors (Lipinski definition) is 2. The quantitative estimate of drug-likeness (QED) is 0.175. The lowest BCUT2D eigenvalue weighted by molar-refractivity contribution is -0.137. The summed E-state index contributed by atoms with van der Waals surface area (Å²) in [6.45, 7) is 3.80. The number of benzene rings is 2. The van der Waals surface area contributed by atoms with Gasteiger partial charge in [-0.15, -0.1) is 6.58 Å². The molecule has 188 valence electrons. The van der Waals surface area contributed by atoms with Crippen LogP contribution in [0, 0.1) is 29.4 Å². The van der Waals surface area contributed by atoms with Crippen LogP contribution in [-0.2, 0) is 6.18 Å². The van der Waals surface area contributed by atoms with Gasteiger partial charge in [-0.05, 0) is 105 Å². The predicted octanol–water partition coefficient (Wildman–Crippen LogP) is 8.47. The number of ether oxygens (including phenoxy) is 1. The van der Waals surface area contributed by atoms with E-state index in [1.165, 1.54) is 6.42 Å². The van der Waals surface area contributed by atoms with E-state index in [9.17, 15) is 18.0 Å². The van der Waals surface area contributed by atoms with Gasteiger partial charge in [-0.25, -0.2) is 13.6 Å².